The summed E-state index contributed by atoms with van der Waals surface area (Å²) in [6.07, 6.45) is 4.35. The molecule has 7 heteroatoms. The average Bonchev–Trinajstić information content (AvgIpc) is 3.24. The first-order valence-electron chi connectivity index (χ1n) is 10.2. The van der Waals surface area contributed by atoms with E-state index in [0.717, 1.165) is 51.6 Å². The van der Waals surface area contributed by atoms with Gasteiger partial charge in [-0.2, -0.15) is 0 Å². The third kappa shape index (κ3) is 5.59. The van der Waals surface area contributed by atoms with Crippen molar-refractivity contribution in [2.45, 2.75) is 39.5 Å². The highest BCUT2D eigenvalue weighted by Crippen LogP contribution is 2.24. The van der Waals surface area contributed by atoms with Gasteiger partial charge in [-0.25, -0.2) is 8.42 Å². The van der Waals surface area contributed by atoms with E-state index in [9.17, 15) is 8.42 Å². The standard InChI is InChI=1S/C19H35N3O3S/c1-15(2)18-4-3-7-22(12-18)19(20-10-16-5-8-25-13-16)21-11-17-6-9-26(23,24)14-17/h15-18H,3-14H2,1-2H3,(H,20,21). The quantitative estimate of drug-likeness (QED) is 0.577. The number of aliphatic imine (C=N–C) groups is 1. The van der Waals surface area contributed by atoms with Gasteiger partial charge in [-0.3, -0.25) is 4.99 Å². The summed E-state index contributed by atoms with van der Waals surface area (Å²) in [6.45, 7) is 9.89. The van der Waals surface area contributed by atoms with E-state index >= 15 is 0 Å². The Morgan fingerprint density at radius 3 is 2.77 bits per heavy atom. The van der Waals surface area contributed by atoms with Crippen molar-refractivity contribution in [2.24, 2.45) is 28.7 Å². The molecule has 3 rings (SSSR count). The van der Waals surface area contributed by atoms with Crippen molar-refractivity contribution in [3.05, 3.63) is 0 Å². The monoisotopic (exact) mass is 385 g/mol. The zero-order valence-electron chi connectivity index (χ0n) is 16.3. The van der Waals surface area contributed by atoms with Crippen molar-refractivity contribution in [1.82, 2.24) is 10.2 Å². The Morgan fingerprint density at radius 2 is 2.12 bits per heavy atom. The molecule has 150 valence electrons. The second kappa shape index (κ2) is 8.91. The lowest BCUT2D eigenvalue weighted by Crippen LogP contribution is -2.48. The highest BCUT2D eigenvalue weighted by atomic mass is 32.2. The molecule has 0 amide bonds. The summed E-state index contributed by atoms with van der Waals surface area (Å²) in [4.78, 5) is 7.27. The molecule has 0 radical (unpaired) electrons. The van der Waals surface area contributed by atoms with Crippen molar-refractivity contribution in [3.8, 4) is 0 Å². The summed E-state index contributed by atoms with van der Waals surface area (Å²) < 4.78 is 28.9. The van der Waals surface area contributed by atoms with Crippen LogP contribution in [0, 0.1) is 23.7 Å². The topological polar surface area (TPSA) is 71.0 Å². The van der Waals surface area contributed by atoms with Crippen molar-refractivity contribution < 1.29 is 13.2 Å². The minimum atomic E-state index is -2.83. The lowest BCUT2D eigenvalue weighted by atomic mass is 9.88. The molecule has 26 heavy (non-hydrogen) atoms. The molecule has 3 atom stereocenters. The number of rotatable bonds is 5. The Balaban J connectivity index is 1.63. The molecule has 0 aromatic carbocycles. The predicted molar refractivity (Wildman–Crippen MR) is 105 cm³/mol. The Labute approximate surface area is 158 Å². The largest absolute Gasteiger partial charge is 0.381 e. The lowest BCUT2D eigenvalue weighted by molar-refractivity contribution is 0.185. The summed E-state index contributed by atoms with van der Waals surface area (Å²) in [5, 5.41) is 3.58. The number of likely N-dealkylation sites (tertiary alicyclic amines) is 1. The number of hydrogen-bond donors (Lipinski definition) is 1. The summed E-state index contributed by atoms with van der Waals surface area (Å²) in [5.74, 6) is 3.73. The van der Waals surface area contributed by atoms with Gasteiger partial charge in [0.2, 0.25) is 0 Å². The van der Waals surface area contributed by atoms with Gasteiger partial charge in [0.05, 0.1) is 18.1 Å². The number of piperidine rings is 1. The number of guanidine groups is 1. The van der Waals surface area contributed by atoms with Gasteiger partial charge in [0, 0.05) is 38.7 Å². The molecule has 6 nitrogen and oxygen atoms in total. The van der Waals surface area contributed by atoms with Crippen molar-refractivity contribution in [2.75, 3.05) is 50.9 Å². The number of hydrogen-bond acceptors (Lipinski definition) is 4. The van der Waals surface area contributed by atoms with Crippen molar-refractivity contribution >= 4 is 15.8 Å². The van der Waals surface area contributed by atoms with Gasteiger partial charge < -0.3 is 15.0 Å². The van der Waals surface area contributed by atoms with E-state index in [-0.39, 0.29) is 5.92 Å². The van der Waals surface area contributed by atoms with Crippen LogP contribution in [0.3, 0.4) is 0 Å². The molecule has 0 spiro atoms. The maximum Gasteiger partial charge on any atom is 0.193 e. The molecule has 0 saturated carbocycles. The minimum absolute atomic E-state index is 0.178. The fourth-order valence-electron chi connectivity index (χ4n) is 4.23. The SMILES string of the molecule is CC(C)C1CCCN(C(=NCC2CCS(=O)(=O)C2)NCC2CCOC2)C1. The zero-order chi connectivity index (χ0) is 18.6. The molecule has 0 aliphatic carbocycles. The Morgan fingerprint density at radius 1 is 1.27 bits per heavy atom. The normalized spacial score (nSPS) is 32.3. The number of nitrogens with one attached hydrogen (secondary N) is 1. The van der Waals surface area contributed by atoms with Crippen LogP contribution in [0.2, 0.25) is 0 Å². The molecule has 0 aromatic rings. The fourth-order valence-corrected chi connectivity index (χ4v) is 6.08. The van der Waals surface area contributed by atoms with Crippen LogP contribution in [-0.2, 0) is 14.6 Å². The van der Waals surface area contributed by atoms with Crippen LogP contribution in [0.15, 0.2) is 4.99 Å². The van der Waals surface area contributed by atoms with E-state index in [0.29, 0.717) is 35.8 Å². The van der Waals surface area contributed by atoms with Crippen LogP contribution in [0.1, 0.15) is 39.5 Å². The zero-order valence-corrected chi connectivity index (χ0v) is 17.1. The van der Waals surface area contributed by atoms with Gasteiger partial charge in [-0.05, 0) is 43.4 Å². The summed E-state index contributed by atoms with van der Waals surface area (Å²) in [6, 6.07) is 0. The van der Waals surface area contributed by atoms with Gasteiger partial charge in [-0.15, -0.1) is 0 Å². The van der Waals surface area contributed by atoms with Crippen LogP contribution >= 0.6 is 0 Å². The van der Waals surface area contributed by atoms with E-state index in [1.165, 1.54) is 12.8 Å². The molecule has 3 fully saturated rings. The first-order chi connectivity index (χ1) is 12.4. The molecule has 3 saturated heterocycles. The minimum Gasteiger partial charge on any atom is -0.381 e. The van der Waals surface area contributed by atoms with Crippen molar-refractivity contribution in [3.63, 3.8) is 0 Å². The van der Waals surface area contributed by atoms with Crippen molar-refractivity contribution in [1.29, 1.82) is 0 Å². The molecule has 1 N–H and O–H groups in total. The maximum atomic E-state index is 11.7. The van der Waals surface area contributed by atoms with Crippen LogP contribution in [0.25, 0.3) is 0 Å². The first-order valence-corrected chi connectivity index (χ1v) is 12.1. The molecule has 0 bridgehead atoms. The average molecular weight is 386 g/mol. The van der Waals surface area contributed by atoms with Gasteiger partial charge in [0.25, 0.3) is 0 Å². The molecular weight excluding hydrogens is 350 g/mol. The number of sulfone groups is 1. The van der Waals surface area contributed by atoms with E-state index in [4.69, 9.17) is 9.73 Å². The van der Waals surface area contributed by atoms with Crippen LogP contribution in [0.5, 0.6) is 0 Å². The highest BCUT2D eigenvalue weighted by Gasteiger charge is 2.29. The smallest absolute Gasteiger partial charge is 0.193 e. The molecular formula is C19H35N3O3S. The van der Waals surface area contributed by atoms with Gasteiger partial charge in [-0.1, -0.05) is 13.8 Å². The maximum absolute atomic E-state index is 11.7. The number of ether oxygens (including phenoxy) is 1. The predicted octanol–water partition coefficient (Wildman–Crippen LogP) is 1.77. The van der Waals surface area contributed by atoms with Crippen LogP contribution < -0.4 is 5.32 Å². The molecule has 3 heterocycles. The van der Waals surface area contributed by atoms with Gasteiger partial charge in [0.15, 0.2) is 15.8 Å². The Hall–Kier alpha value is -0.820. The Bertz CT molecular complexity index is 585. The lowest BCUT2D eigenvalue weighted by Gasteiger charge is -2.37. The second-order valence-electron chi connectivity index (χ2n) is 8.64. The summed E-state index contributed by atoms with van der Waals surface area (Å²) in [7, 11) is -2.83. The van der Waals surface area contributed by atoms with E-state index in [1.54, 1.807) is 0 Å². The third-order valence-electron chi connectivity index (χ3n) is 6.10. The molecule has 0 aromatic heterocycles. The fraction of sp³-hybridized carbons (Fsp3) is 0.947. The number of nitrogens with zero attached hydrogens (tertiary/aromatic N) is 2. The molecule has 3 aliphatic heterocycles. The van der Waals surface area contributed by atoms with E-state index in [1.807, 2.05) is 0 Å². The third-order valence-corrected chi connectivity index (χ3v) is 7.94. The van der Waals surface area contributed by atoms with Gasteiger partial charge >= 0.3 is 0 Å². The molecule has 3 unspecified atom stereocenters. The van der Waals surface area contributed by atoms with Gasteiger partial charge in [0.1, 0.15) is 0 Å². The van der Waals surface area contributed by atoms with Crippen LogP contribution in [0.4, 0.5) is 0 Å². The first kappa shape index (κ1) is 19.9. The molecule has 3 aliphatic rings. The highest BCUT2D eigenvalue weighted by molar-refractivity contribution is 7.91. The van der Waals surface area contributed by atoms with E-state index in [2.05, 4.69) is 24.1 Å². The second-order valence-corrected chi connectivity index (χ2v) is 10.9. The Kier molecular flexibility index (Phi) is 6.83. The van der Waals surface area contributed by atoms with Crippen LogP contribution in [-0.4, -0.2) is 70.2 Å². The summed E-state index contributed by atoms with van der Waals surface area (Å²) >= 11 is 0. The van der Waals surface area contributed by atoms with E-state index < -0.39 is 9.84 Å². The summed E-state index contributed by atoms with van der Waals surface area (Å²) in [5.41, 5.74) is 0.